The quantitative estimate of drug-likeness (QED) is 0.588. The number of rotatable bonds is 3. The van der Waals surface area contributed by atoms with Crippen LogP contribution in [0, 0.1) is 10.8 Å². The summed E-state index contributed by atoms with van der Waals surface area (Å²) in [7, 11) is -0.150. The highest BCUT2D eigenvalue weighted by molar-refractivity contribution is 7.60. The summed E-state index contributed by atoms with van der Waals surface area (Å²) in [5.74, 6) is 0.980. The molecule has 1 heterocycles. The molecule has 0 aromatic rings. The Kier molecular flexibility index (Phi) is 5.51. The van der Waals surface area contributed by atoms with E-state index in [1.165, 1.54) is 6.16 Å². The summed E-state index contributed by atoms with van der Waals surface area (Å²) in [6, 6.07) is 0.289. The molecular weight excluding hydrogens is 289 g/mol. The Hall–Kier alpha value is -0.100. The van der Waals surface area contributed by atoms with Gasteiger partial charge in [0.25, 0.3) is 0 Å². The molecule has 0 aromatic carbocycles. The van der Waals surface area contributed by atoms with Crippen molar-refractivity contribution in [2.75, 3.05) is 12.8 Å². The lowest BCUT2D eigenvalue weighted by Gasteiger charge is -2.45. The number of hydrogen-bond donors (Lipinski definition) is 0. The molecule has 0 saturated carbocycles. The predicted molar refractivity (Wildman–Crippen MR) is 102 cm³/mol. The SMILES string of the molecule is CC(C)(CP(C(C)(C)C)C(C)(C)C)C1=N[C@@H](C(C)(C)C)CO1. The van der Waals surface area contributed by atoms with E-state index in [0.717, 1.165) is 12.5 Å². The topological polar surface area (TPSA) is 21.6 Å². The fourth-order valence-corrected chi connectivity index (χ4v) is 7.02. The first-order chi connectivity index (χ1) is 9.55. The van der Waals surface area contributed by atoms with Crippen molar-refractivity contribution in [3.05, 3.63) is 0 Å². The highest BCUT2D eigenvalue weighted by Crippen LogP contribution is 2.61. The molecular formula is C19H38NOP. The number of nitrogens with zero attached hydrogens (tertiary/aromatic N) is 1. The Labute approximate surface area is 140 Å². The van der Waals surface area contributed by atoms with E-state index in [2.05, 4.69) is 76.2 Å². The van der Waals surface area contributed by atoms with Crippen LogP contribution in [-0.4, -0.2) is 35.0 Å². The van der Waals surface area contributed by atoms with Gasteiger partial charge in [-0.15, -0.1) is 0 Å². The average Bonchev–Trinajstić information content (AvgIpc) is 2.72. The second-order valence-corrected chi connectivity index (χ2v) is 14.3. The minimum absolute atomic E-state index is 0.0201. The van der Waals surface area contributed by atoms with Gasteiger partial charge in [0.15, 0.2) is 5.90 Å². The third-order valence-electron chi connectivity index (χ3n) is 4.40. The largest absolute Gasteiger partial charge is 0.478 e. The van der Waals surface area contributed by atoms with Gasteiger partial charge in [-0.25, -0.2) is 4.99 Å². The maximum absolute atomic E-state index is 6.04. The second-order valence-electron chi connectivity index (χ2n) is 10.4. The molecule has 1 rings (SSSR count). The molecule has 0 amide bonds. The van der Waals surface area contributed by atoms with Gasteiger partial charge in [-0.05, 0) is 21.9 Å². The number of aliphatic imine (C=N–C) groups is 1. The van der Waals surface area contributed by atoms with Crippen LogP contribution >= 0.6 is 7.92 Å². The zero-order valence-electron chi connectivity index (χ0n) is 16.8. The lowest BCUT2D eigenvalue weighted by Crippen LogP contribution is -2.35. The van der Waals surface area contributed by atoms with E-state index >= 15 is 0 Å². The summed E-state index contributed by atoms with van der Waals surface area (Å²) in [4.78, 5) is 4.95. The molecule has 3 heteroatoms. The molecule has 22 heavy (non-hydrogen) atoms. The summed E-state index contributed by atoms with van der Waals surface area (Å²) in [6.07, 6.45) is 1.17. The zero-order valence-corrected chi connectivity index (χ0v) is 17.7. The van der Waals surface area contributed by atoms with Gasteiger partial charge in [-0.1, -0.05) is 84.1 Å². The van der Waals surface area contributed by atoms with E-state index in [1.54, 1.807) is 0 Å². The van der Waals surface area contributed by atoms with Gasteiger partial charge in [0, 0.05) is 5.41 Å². The van der Waals surface area contributed by atoms with E-state index in [-0.39, 0.29) is 24.8 Å². The lowest BCUT2D eigenvalue weighted by molar-refractivity contribution is 0.223. The molecule has 0 N–H and O–H groups in total. The standard InChI is InChI=1S/C19H38NOP/c1-16(2,3)14-12-21-15(20-14)19(10,11)13-22(17(4,5)6)18(7,8)9/h14H,12-13H2,1-11H3/t14-/m1/s1. The zero-order chi connectivity index (χ0) is 17.6. The van der Waals surface area contributed by atoms with Gasteiger partial charge >= 0.3 is 0 Å². The summed E-state index contributed by atoms with van der Waals surface area (Å²) in [5, 5.41) is 0.681. The van der Waals surface area contributed by atoms with E-state index in [0.29, 0.717) is 10.3 Å². The van der Waals surface area contributed by atoms with E-state index in [9.17, 15) is 0 Å². The van der Waals surface area contributed by atoms with Crippen LogP contribution in [0.3, 0.4) is 0 Å². The first-order valence-electron chi connectivity index (χ1n) is 8.54. The molecule has 1 atom stereocenters. The molecule has 0 spiro atoms. The molecule has 0 aliphatic carbocycles. The van der Waals surface area contributed by atoms with Crippen molar-refractivity contribution in [2.24, 2.45) is 15.8 Å². The summed E-state index contributed by atoms with van der Waals surface area (Å²) in [6.45, 7) is 26.4. The van der Waals surface area contributed by atoms with Crippen molar-refractivity contribution in [2.45, 2.75) is 92.5 Å². The molecule has 1 aliphatic rings. The van der Waals surface area contributed by atoms with Crippen LogP contribution in [0.5, 0.6) is 0 Å². The number of ether oxygens (including phenoxy) is 1. The Bertz CT molecular complexity index is 404. The van der Waals surface area contributed by atoms with Crippen LogP contribution in [0.25, 0.3) is 0 Å². The maximum Gasteiger partial charge on any atom is 0.189 e. The minimum Gasteiger partial charge on any atom is -0.478 e. The van der Waals surface area contributed by atoms with Crippen molar-refractivity contribution >= 4 is 13.8 Å². The molecule has 0 bridgehead atoms. The predicted octanol–water partition coefficient (Wildman–Crippen LogP) is 5.93. The molecule has 0 radical (unpaired) electrons. The van der Waals surface area contributed by atoms with Crippen molar-refractivity contribution < 1.29 is 4.74 Å². The highest BCUT2D eigenvalue weighted by Gasteiger charge is 2.43. The fraction of sp³-hybridized carbons (Fsp3) is 0.947. The van der Waals surface area contributed by atoms with Crippen molar-refractivity contribution in [1.29, 1.82) is 0 Å². The normalized spacial score (nSPS) is 21.1. The van der Waals surface area contributed by atoms with Gasteiger partial charge in [0.1, 0.15) is 6.61 Å². The lowest BCUT2D eigenvalue weighted by atomic mass is 9.88. The van der Waals surface area contributed by atoms with Gasteiger partial charge < -0.3 is 4.74 Å². The van der Waals surface area contributed by atoms with E-state index < -0.39 is 0 Å². The van der Waals surface area contributed by atoms with Crippen LogP contribution in [0.2, 0.25) is 0 Å². The van der Waals surface area contributed by atoms with Gasteiger partial charge in [-0.3, -0.25) is 0 Å². The summed E-state index contributed by atoms with van der Waals surface area (Å²) in [5.41, 5.74) is 0.197. The average molecular weight is 327 g/mol. The highest BCUT2D eigenvalue weighted by atomic mass is 31.1. The van der Waals surface area contributed by atoms with Crippen molar-refractivity contribution in [3.63, 3.8) is 0 Å². The van der Waals surface area contributed by atoms with Crippen LogP contribution < -0.4 is 0 Å². The summed E-state index contributed by atoms with van der Waals surface area (Å²) < 4.78 is 6.04. The monoisotopic (exact) mass is 327 g/mol. The Morgan fingerprint density at radius 3 is 1.68 bits per heavy atom. The van der Waals surface area contributed by atoms with Gasteiger partial charge in [0.2, 0.25) is 0 Å². The van der Waals surface area contributed by atoms with Gasteiger partial charge in [-0.2, -0.15) is 0 Å². The van der Waals surface area contributed by atoms with Crippen molar-refractivity contribution in [3.8, 4) is 0 Å². The van der Waals surface area contributed by atoms with Crippen LogP contribution in [0.1, 0.15) is 76.2 Å². The Morgan fingerprint density at radius 2 is 1.36 bits per heavy atom. The Balaban J connectivity index is 3.00. The third kappa shape index (κ3) is 4.95. The smallest absolute Gasteiger partial charge is 0.189 e. The third-order valence-corrected chi connectivity index (χ3v) is 8.75. The van der Waals surface area contributed by atoms with E-state index in [4.69, 9.17) is 9.73 Å². The summed E-state index contributed by atoms with van der Waals surface area (Å²) >= 11 is 0. The van der Waals surface area contributed by atoms with Crippen LogP contribution in [0.4, 0.5) is 0 Å². The molecule has 0 fully saturated rings. The molecule has 0 aromatic heterocycles. The van der Waals surface area contributed by atoms with Crippen LogP contribution in [0.15, 0.2) is 4.99 Å². The van der Waals surface area contributed by atoms with E-state index in [1.807, 2.05) is 0 Å². The first kappa shape index (κ1) is 19.9. The maximum atomic E-state index is 6.04. The fourth-order valence-electron chi connectivity index (χ4n) is 3.13. The molecule has 1 aliphatic heterocycles. The molecule has 130 valence electrons. The minimum atomic E-state index is -0.150. The first-order valence-corrected chi connectivity index (χ1v) is 10.1. The molecule has 0 unspecified atom stereocenters. The number of hydrogen-bond acceptors (Lipinski definition) is 2. The van der Waals surface area contributed by atoms with Crippen LogP contribution in [-0.2, 0) is 4.74 Å². The molecule has 2 nitrogen and oxygen atoms in total. The second kappa shape index (κ2) is 6.08. The Morgan fingerprint density at radius 1 is 0.909 bits per heavy atom. The van der Waals surface area contributed by atoms with Gasteiger partial charge in [0.05, 0.1) is 6.04 Å². The van der Waals surface area contributed by atoms with Crippen molar-refractivity contribution in [1.82, 2.24) is 0 Å². The molecule has 0 saturated heterocycles.